The van der Waals surface area contributed by atoms with Crippen molar-refractivity contribution in [1.82, 2.24) is 10.2 Å². The minimum Gasteiger partial charge on any atom is -0.369 e. The van der Waals surface area contributed by atoms with E-state index < -0.39 is 5.91 Å². The SMILES string of the molecule is CCCC(NC(=O)CN(C)CC(N)=O)c1ccccc1. The molecule has 1 aromatic rings. The van der Waals surface area contributed by atoms with Crippen LogP contribution in [0.25, 0.3) is 0 Å². The van der Waals surface area contributed by atoms with E-state index in [0.29, 0.717) is 0 Å². The summed E-state index contributed by atoms with van der Waals surface area (Å²) >= 11 is 0. The summed E-state index contributed by atoms with van der Waals surface area (Å²) in [5, 5.41) is 3.01. The molecule has 0 aliphatic rings. The molecule has 2 amide bonds. The van der Waals surface area contributed by atoms with Gasteiger partial charge in [0.1, 0.15) is 0 Å². The molecule has 0 saturated carbocycles. The van der Waals surface area contributed by atoms with E-state index in [1.165, 1.54) is 0 Å². The number of nitrogens with two attached hydrogens (primary N) is 1. The number of rotatable bonds is 8. The average Bonchev–Trinajstić information content (AvgIpc) is 2.38. The summed E-state index contributed by atoms with van der Waals surface area (Å²) in [5.41, 5.74) is 6.19. The van der Waals surface area contributed by atoms with Gasteiger partial charge in [0.2, 0.25) is 11.8 Å². The Balaban J connectivity index is 2.57. The molecule has 0 radical (unpaired) electrons. The topological polar surface area (TPSA) is 75.4 Å². The Morgan fingerprint density at radius 3 is 2.45 bits per heavy atom. The first-order valence-corrected chi connectivity index (χ1v) is 6.84. The number of hydrogen-bond donors (Lipinski definition) is 2. The molecule has 1 rings (SSSR count). The monoisotopic (exact) mass is 277 g/mol. The highest BCUT2D eigenvalue weighted by Gasteiger charge is 2.15. The molecule has 0 aliphatic carbocycles. The lowest BCUT2D eigenvalue weighted by atomic mass is 10.0. The highest BCUT2D eigenvalue weighted by Crippen LogP contribution is 2.17. The Labute approximate surface area is 120 Å². The lowest BCUT2D eigenvalue weighted by Gasteiger charge is -2.21. The number of carbonyl (C=O) groups is 2. The van der Waals surface area contributed by atoms with E-state index in [9.17, 15) is 9.59 Å². The summed E-state index contributed by atoms with van der Waals surface area (Å²) in [5.74, 6) is -0.537. The maximum atomic E-state index is 12.0. The van der Waals surface area contributed by atoms with Crippen LogP contribution >= 0.6 is 0 Å². The molecule has 5 nitrogen and oxygen atoms in total. The highest BCUT2D eigenvalue weighted by molar-refractivity contribution is 5.80. The van der Waals surface area contributed by atoms with Gasteiger partial charge in [0.05, 0.1) is 19.1 Å². The second kappa shape index (κ2) is 8.32. The van der Waals surface area contributed by atoms with Gasteiger partial charge in [-0.05, 0) is 19.0 Å². The van der Waals surface area contributed by atoms with E-state index in [-0.39, 0.29) is 25.0 Å². The van der Waals surface area contributed by atoms with Crippen molar-refractivity contribution in [2.24, 2.45) is 5.73 Å². The third kappa shape index (κ3) is 5.84. The number of likely N-dealkylation sites (N-methyl/N-ethyl adjacent to an activating group) is 1. The number of nitrogens with one attached hydrogen (secondary N) is 1. The average molecular weight is 277 g/mol. The molecule has 5 heteroatoms. The zero-order valence-electron chi connectivity index (χ0n) is 12.1. The minimum absolute atomic E-state index is 0.00989. The van der Waals surface area contributed by atoms with Gasteiger partial charge < -0.3 is 11.1 Å². The fraction of sp³-hybridized carbons (Fsp3) is 0.467. The molecule has 20 heavy (non-hydrogen) atoms. The molecule has 3 N–H and O–H groups in total. The standard InChI is InChI=1S/C15H23N3O2/c1-3-7-13(12-8-5-4-6-9-12)17-15(20)11-18(2)10-14(16)19/h4-6,8-9,13H,3,7,10-11H2,1-2H3,(H2,16,19)(H,17,20). The van der Waals surface area contributed by atoms with Crippen LogP contribution in [0.2, 0.25) is 0 Å². The smallest absolute Gasteiger partial charge is 0.234 e. The van der Waals surface area contributed by atoms with Crippen molar-refractivity contribution in [2.45, 2.75) is 25.8 Å². The van der Waals surface area contributed by atoms with Crippen LogP contribution in [0.15, 0.2) is 30.3 Å². The van der Waals surface area contributed by atoms with Crippen LogP contribution in [-0.2, 0) is 9.59 Å². The summed E-state index contributed by atoms with van der Waals surface area (Å²) < 4.78 is 0. The molecule has 0 aliphatic heterocycles. The quantitative estimate of drug-likeness (QED) is 0.746. The van der Waals surface area contributed by atoms with Gasteiger partial charge in [0, 0.05) is 0 Å². The van der Waals surface area contributed by atoms with Gasteiger partial charge in [-0.3, -0.25) is 14.5 Å². The maximum absolute atomic E-state index is 12.0. The Morgan fingerprint density at radius 2 is 1.90 bits per heavy atom. The van der Waals surface area contributed by atoms with Crippen molar-refractivity contribution in [3.63, 3.8) is 0 Å². The van der Waals surface area contributed by atoms with E-state index >= 15 is 0 Å². The van der Waals surface area contributed by atoms with Gasteiger partial charge in [-0.1, -0.05) is 43.7 Å². The number of benzene rings is 1. The summed E-state index contributed by atoms with van der Waals surface area (Å²) in [6.07, 6.45) is 1.87. The second-order valence-electron chi connectivity index (χ2n) is 4.96. The molecule has 1 aromatic carbocycles. The number of nitrogens with zero attached hydrogens (tertiary/aromatic N) is 1. The fourth-order valence-electron chi connectivity index (χ4n) is 2.10. The van der Waals surface area contributed by atoms with Gasteiger partial charge in [0.15, 0.2) is 0 Å². The van der Waals surface area contributed by atoms with E-state index in [0.717, 1.165) is 18.4 Å². The van der Waals surface area contributed by atoms with E-state index in [1.54, 1.807) is 11.9 Å². The molecule has 0 spiro atoms. The number of amides is 2. The number of carbonyl (C=O) groups excluding carboxylic acids is 2. The molecule has 0 heterocycles. The third-order valence-corrected chi connectivity index (χ3v) is 2.95. The van der Waals surface area contributed by atoms with E-state index in [2.05, 4.69) is 12.2 Å². The summed E-state index contributed by atoms with van der Waals surface area (Å²) in [7, 11) is 1.70. The minimum atomic E-state index is -0.437. The molecule has 0 fully saturated rings. The van der Waals surface area contributed by atoms with Crippen LogP contribution in [0.3, 0.4) is 0 Å². The number of hydrogen-bond acceptors (Lipinski definition) is 3. The molecular formula is C15H23N3O2. The molecule has 0 aromatic heterocycles. The first-order chi connectivity index (χ1) is 9.52. The fourth-order valence-corrected chi connectivity index (χ4v) is 2.10. The summed E-state index contributed by atoms with van der Waals surface area (Å²) in [6, 6.07) is 9.90. The predicted molar refractivity (Wildman–Crippen MR) is 78.9 cm³/mol. The van der Waals surface area contributed by atoms with Crippen molar-refractivity contribution in [3.05, 3.63) is 35.9 Å². The number of primary amides is 1. The lowest BCUT2D eigenvalue weighted by Crippen LogP contribution is -2.40. The molecule has 1 unspecified atom stereocenters. The maximum Gasteiger partial charge on any atom is 0.234 e. The first-order valence-electron chi connectivity index (χ1n) is 6.84. The van der Waals surface area contributed by atoms with Crippen LogP contribution in [-0.4, -0.2) is 36.9 Å². The largest absolute Gasteiger partial charge is 0.369 e. The second-order valence-corrected chi connectivity index (χ2v) is 4.96. The predicted octanol–water partition coefficient (Wildman–Crippen LogP) is 1.06. The van der Waals surface area contributed by atoms with Crippen molar-refractivity contribution < 1.29 is 9.59 Å². The van der Waals surface area contributed by atoms with Crippen LogP contribution in [0.5, 0.6) is 0 Å². The molecule has 0 bridgehead atoms. The summed E-state index contributed by atoms with van der Waals surface area (Å²) in [6.45, 7) is 2.33. The Bertz CT molecular complexity index is 434. The van der Waals surface area contributed by atoms with E-state index in [1.807, 2.05) is 30.3 Å². The normalized spacial score (nSPS) is 12.2. The van der Waals surface area contributed by atoms with Crippen molar-refractivity contribution in [2.75, 3.05) is 20.1 Å². The van der Waals surface area contributed by atoms with Crippen LogP contribution < -0.4 is 11.1 Å². The van der Waals surface area contributed by atoms with Crippen LogP contribution in [0, 0.1) is 0 Å². The third-order valence-electron chi connectivity index (χ3n) is 2.95. The van der Waals surface area contributed by atoms with Gasteiger partial charge in [-0.2, -0.15) is 0 Å². The van der Waals surface area contributed by atoms with Crippen molar-refractivity contribution in [3.8, 4) is 0 Å². The van der Waals surface area contributed by atoms with Crippen molar-refractivity contribution in [1.29, 1.82) is 0 Å². The first kappa shape index (κ1) is 16.2. The van der Waals surface area contributed by atoms with Gasteiger partial charge >= 0.3 is 0 Å². The summed E-state index contributed by atoms with van der Waals surface area (Å²) in [4.78, 5) is 24.4. The zero-order valence-corrected chi connectivity index (χ0v) is 12.1. The Morgan fingerprint density at radius 1 is 1.25 bits per heavy atom. The Hall–Kier alpha value is -1.88. The van der Waals surface area contributed by atoms with Gasteiger partial charge in [-0.25, -0.2) is 0 Å². The molecule has 1 atom stereocenters. The zero-order chi connectivity index (χ0) is 15.0. The Kier molecular flexibility index (Phi) is 6.73. The van der Waals surface area contributed by atoms with Crippen molar-refractivity contribution >= 4 is 11.8 Å². The lowest BCUT2D eigenvalue weighted by molar-refractivity contribution is -0.124. The van der Waals surface area contributed by atoms with Gasteiger partial charge in [-0.15, -0.1) is 0 Å². The van der Waals surface area contributed by atoms with E-state index in [4.69, 9.17) is 5.73 Å². The van der Waals surface area contributed by atoms with Crippen LogP contribution in [0.1, 0.15) is 31.4 Å². The molecule has 110 valence electrons. The highest BCUT2D eigenvalue weighted by atomic mass is 16.2. The van der Waals surface area contributed by atoms with Crippen LogP contribution in [0.4, 0.5) is 0 Å². The molecule has 0 saturated heterocycles. The molecular weight excluding hydrogens is 254 g/mol. The van der Waals surface area contributed by atoms with Gasteiger partial charge in [0.25, 0.3) is 0 Å².